The number of carbonyl (C=O) groups excluding carboxylic acids is 1. The minimum absolute atomic E-state index is 0.0684. The first-order chi connectivity index (χ1) is 12.0. The second kappa shape index (κ2) is 7.37. The standard InChI is InChI=1S/C19H25N3O3/c1-15(2)22-12-17(11-20-22)18(24)21-8-9-25-19(13-21,14-23)10-16-6-4-3-5-7-16/h3-7,11-12,15,23H,8-10,13-14H2,1-2H3/t19-/m0/s1. The molecule has 1 atom stereocenters. The van der Waals surface area contributed by atoms with E-state index >= 15 is 0 Å². The predicted molar refractivity (Wildman–Crippen MR) is 94.4 cm³/mol. The quantitative estimate of drug-likeness (QED) is 0.900. The summed E-state index contributed by atoms with van der Waals surface area (Å²) >= 11 is 0. The van der Waals surface area contributed by atoms with Crippen molar-refractivity contribution in [1.29, 1.82) is 0 Å². The van der Waals surface area contributed by atoms with E-state index in [0.717, 1.165) is 5.56 Å². The maximum Gasteiger partial charge on any atom is 0.257 e. The molecular formula is C19H25N3O3. The Hall–Kier alpha value is -2.18. The Morgan fingerprint density at radius 1 is 1.36 bits per heavy atom. The Morgan fingerprint density at radius 3 is 2.76 bits per heavy atom. The predicted octanol–water partition coefficient (Wildman–Crippen LogP) is 1.91. The molecule has 0 bridgehead atoms. The molecule has 1 aromatic heterocycles. The lowest BCUT2D eigenvalue weighted by atomic mass is 9.93. The molecule has 1 saturated heterocycles. The number of rotatable bonds is 5. The molecule has 1 aliphatic rings. The highest BCUT2D eigenvalue weighted by Crippen LogP contribution is 2.24. The van der Waals surface area contributed by atoms with Gasteiger partial charge < -0.3 is 14.7 Å². The smallest absolute Gasteiger partial charge is 0.257 e. The third-order valence-corrected chi connectivity index (χ3v) is 4.57. The molecular weight excluding hydrogens is 318 g/mol. The van der Waals surface area contributed by atoms with E-state index in [9.17, 15) is 9.90 Å². The molecule has 1 N–H and O–H groups in total. The van der Waals surface area contributed by atoms with Crippen LogP contribution in [-0.2, 0) is 11.2 Å². The summed E-state index contributed by atoms with van der Waals surface area (Å²) < 4.78 is 7.69. The number of hydrogen-bond acceptors (Lipinski definition) is 4. The average molecular weight is 343 g/mol. The van der Waals surface area contributed by atoms with Gasteiger partial charge in [-0.1, -0.05) is 30.3 Å². The first-order valence-electron chi connectivity index (χ1n) is 8.65. The van der Waals surface area contributed by atoms with Gasteiger partial charge in [0.15, 0.2) is 0 Å². The van der Waals surface area contributed by atoms with Gasteiger partial charge in [-0.15, -0.1) is 0 Å². The Kier molecular flexibility index (Phi) is 5.20. The van der Waals surface area contributed by atoms with Gasteiger partial charge >= 0.3 is 0 Å². The van der Waals surface area contributed by atoms with Crippen LogP contribution in [0.3, 0.4) is 0 Å². The highest BCUT2D eigenvalue weighted by atomic mass is 16.5. The molecule has 2 aromatic rings. The number of ether oxygens (including phenoxy) is 1. The zero-order chi connectivity index (χ0) is 17.9. The lowest BCUT2D eigenvalue weighted by Gasteiger charge is -2.41. The Bertz CT molecular complexity index is 714. The van der Waals surface area contributed by atoms with E-state index in [2.05, 4.69) is 5.10 Å². The minimum atomic E-state index is -0.761. The summed E-state index contributed by atoms with van der Waals surface area (Å²) in [6, 6.07) is 10.1. The molecule has 3 rings (SSSR count). The van der Waals surface area contributed by atoms with Gasteiger partial charge in [-0.25, -0.2) is 0 Å². The fourth-order valence-electron chi connectivity index (χ4n) is 3.16. The molecule has 0 radical (unpaired) electrons. The van der Waals surface area contributed by atoms with Gasteiger partial charge in [-0.05, 0) is 19.4 Å². The molecule has 1 aromatic carbocycles. The molecule has 1 fully saturated rings. The number of morpholine rings is 1. The monoisotopic (exact) mass is 343 g/mol. The Balaban J connectivity index is 1.75. The van der Waals surface area contributed by atoms with Gasteiger partial charge in [-0.3, -0.25) is 9.48 Å². The van der Waals surface area contributed by atoms with Crippen molar-refractivity contribution in [3.8, 4) is 0 Å². The number of carbonyl (C=O) groups is 1. The molecule has 2 heterocycles. The molecule has 0 unspecified atom stereocenters. The molecule has 0 spiro atoms. The zero-order valence-corrected chi connectivity index (χ0v) is 14.8. The molecule has 6 heteroatoms. The van der Waals surface area contributed by atoms with E-state index in [1.165, 1.54) is 0 Å². The molecule has 6 nitrogen and oxygen atoms in total. The van der Waals surface area contributed by atoms with Crippen molar-refractivity contribution >= 4 is 5.91 Å². The summed E-state index contributed by atoms with van der Waals surface area (Å²) in [6.45, 7) is 5.21. The minimum Gasteiger partial charge on any atom is -0.393 e. The SMILES string of the molecule is CC(C)n1cc(C(=O)N2CCO[C@@](CO)(Cc3ccccc3)C2)cn1. The number of amides is 1. The van der Waals surface area contributed by atoms with Gasteiger partial charge in [0.2, 0.25) is 0 Å². The Labute approximate surface area is 148 Å². The lowest BCUT2D eigenvalue weighted by Crippen LogP contribution is -2.56. The van der Waals surface area contributed by atoms with Crippen LogP contribution in [0, 0.1) is 0 Å². The van der Waals surface area contributed by atoms with Gasteiger partial charge in [0.05, 0.1) is 31.5 Å². The third kappa shape index (κ3) is 3.91. The molecule has 134 valence electrons. The van der Waals surface area contributed by atoms with Crippen LogP contribution in [0.1, 0.15) is 35.8 Å². The number of benzene rings is 1. The van der Waals surface area contributed by atoms with Crippen molar-refractivity contribution in [2.75, 3.05) is 26.3 Å². The highest BCUT2D eigenvalue weighted by Gasteiger charge is 2.38. The van der Waals surface area contributed by atoms with Crippen molar-refractivity contribution in [2.24, 2.45) is 0 Å². The maximum absolute atomic E-state index is 12.8. The molecule has 0 aliphatic carbocycles. The largest absolute Gasteiger partial charge is 0.393 e. The topological polar surface area (TPSA) is 67.6 Å². The van der Waals surface area contributed by atoms with E-state index in [0.29, 0.717) is 31.7 Å². The van der Waals surface area contributed by atoms with Crippen LogP contribution >= 0.6 is 0 Å². The summed E-state index contributed by atoms with van der Waals surface area (Å²) in [5.41, 5.74) is 0.893. The lowest BCUT2D eigenvalue weighted by molar-refractivity contribution is -0.123. The first-order valence-corrected chi connectivity index (χ1v) is 8.65. The van der Waals surface area contributed by atoms with E-state index in [-0.39, 0.29) is 18.6 Å². The summed E-state index contributed by atoms with van der Waals surface area (Å²) in [5.74, 6) is -0.0684. The summed E-state index contributed by atoms with van der Waals surface area (Å²) in [5, 5.41) is 14.2. The van der Waals surface area contributed by atoms with Gasteiger partial charge in [0, 0.05) is 25.2 Å². The summed E-state index contributed by atoms with van der Waals surface area (Å²) in [6.07, 6.45) is 3.95. The first kappa shape index (κ1) is 17.6. The van der Waals surface area contributed by atoms with Gasteiger partial charge in [0.25, 0.3) is 5.91 Å². The second-order valence-electron chi connectivity index (χ2n) is 6.88. The average Bonchev–Trinajstić information content (AvgIpc) is 3.12. The summed E-state index contributed by atoms with van der Waals surface area (Å²) in [7, 11) is 0. The molecule has 0 saturated carbocycles. The van der Waals surface area contributed by atoms with Crippen molar-refractivity contribution in [3.05, 3.63) is 53.9 Å². The van der Waals surface area contributed by atoms with Crippen LogP contribution in [0.2, 0.25) is 0 Å². The van der Waals surface area contributed by atoms with Crippen LogP contribution in [0.25, 0.3) is 0 Å². The second-order valence-corrected chi connectivity index (χ2v) is 6.88. The van der Waals surface area contributed by atoms with Crippen LogP contribution < -0.4 is 0 Å². The van der Waals surface area contributed by atoms with Crippen LogP contribution in [-0.4, -0.2) is 57.6 Å². The fourth-order valence-corrected chi connectivity index (χ4v) is 3.16. The molecule has 25 heavy (non-hydrogen) atoms. The van der Waals surface area contributed by atoms with Gasteiger partial charge in [-0.2, -0.15) is 5.10 Å². The van der Waals surface area contributed by atoms with E-state index < -0.39 is 5.60 Å². The van der Waals surface area contributed by atoms with Crippen LogP contribution in [0.15, 0.2) is 42.7 Å². The van der Waals surface area contributed by atoms with Crippen LogP contribution in [0.4, 0.5) is 0 Å². The van der Waals surface area contributed by atoms with Gasteiger partial charge in [0.1, 0.15) is 5.60 Å². The number of hydrogen-bond donors (Lipinski definition) is 1. The number of aromatic nitrogens is 2. The fraction of sp³-hybridized carbons (Fsp3) is 0.474. The van der Waals surface area contributed by atoms with E-state index in [1.54, 1.807) is 22.0 Å². The summed E-state index contributed by atoms with van der Waals surface area (Å²) in [4.78, 5) is 14.6. The Morgan fingerprint density at radius 2 is 2.12 bits per heavy atom. The molecule has 1 amide bonds. The van der Waals surface area contributed by atoms with Crippen molar-refractivity contribution in [3.63, 3.8) is 0 Å². The zero-order valence-electron chi connectivity index (χ0n) is 14.8. The van der Waals surface area contributed by atoms with Crippen LogP contribution in [0.5, 0.6) is 0 Å². The number of aliphatic hydroxyl groups is 1. The molecule has 1 aliphatic heterocycles. The number of aliphatic hydroxyl groups excluding tert-OH is 1. The normalized spacial score (nSPS) is 20.9. The van der Waals surface area contributed by atoms with E-state index in [1.807, 2.05) is 44.2 Å². The van der Waals surface area contributed by atoms with E-state index in [4.69, 9.17) is 4.74 Å². The van der Waals surface area contributed by atoms with Crippen molar-refractivity contribution in [2.45, 2.75) is 31.9 Å². The number of nitrogens with zero attached hydrogens (tertiary/aromatic N) is 3. The highest BCUT2D eigenvalue weighted by molar-refractivity contribution is 5.93. The van der Waals surface area contributed by atoms with Crippen molar-refractivity contribution < 1.29 is 14.6 Å². The third-order valence-electron chi connectivity index (χ3n) is 4.57. The maximum atomic E-state index is 12.8. The van der Waals surface area contributed by atoms with Crippen molar-refractivity contribution in [1.82, 2.24) is 14.7 Å².